The molecule has 1 aliphatic carbocycles. The summed E-state index contributed by atoms with van der Waals surface area (Å²) < 4.78 is 6.29. The number of rotatable bonds is 5. The normalized spacial score (nSPS) is 12.8. The standard InChI is InChI=1S/C19H20BrN3O3S2/c1-10-6-7-13(12(20)8-10)26-9-15(24)22-19(27)23-18-16(17(21)25)11-4-2-3-5-14(11)28-18/h6-8H,2-5,9H2,1H3,(H2,21,25)(H2,22,23,24,27). The molecule has 0 unspecified atom stereocenters. The van der Waals surface area contributed by atoms with Gasteiger partial charge in [0.05, 0.1) is 10.0 Å². The van der Waals surface area contributed by atoms with Gasteiger partial charge < -0.3 is 15.8 Å². The Balaban J connectivity index is 1.60. The monoisotopic (exact) mass is 481 g/mol. The third kappa shape index (κ3) is 4.89. The lowest BCUT2D eigenvalue weighted by atomic mass is 9.95. The number of ether oxygens (including phenoxy) is 1. The van der Waals surface area contributed by atoms with Gasteiger partial charge in [-0.25, -0.2) is 0 Å². The Morgan fingerprint density at radius 2 is 2.07 bits per heavy atom. The Bertz CT molecular complexity index is 943. The van der Waals surface area contributed by atoms with Crippen LogP contribution in [0.15, 0.2) is 22.7 Å². The van der Waals surface area contributed by atoms with Crippen LogP contribution in [-0.2, 0) is 17.6 Å². The number of thiocarbonyl (C=S) groups is 1. The number of aryl methyl sites for hydroxylation is 2. The van der Waals surface area contributed by atoms with E-state index in [1.165, 1.54) is 11.3 Å². The molecule has 2 amide bonds. The predicted molar refractivity (Wildman–Crippen MR) is 118 cm³/mol. The Hall–Kier alpha value is -1.97. The molecule has 0 saturated heterocycles. The first-order chi connectivity index (χ1) is 13.3. The van der Waals surface area contributed by atoms with E-state index in [-0.39, 0.29) is 11.7 Å². The molecule has 1 aromatic heterocycles. The third-order valence-corrected chi connectivity index (χ3v) is 6.37. The summed E-state index contributed by atoms with van der Waals surface area (Å²) in [6, 6.07) is 5.59. The summed E-state index contributed by atoms with van der Waals surface area (Å²) in [5.74, 6) is -0.308. The number of thiophene rings is 1. The van der Waals surface area contributed by atoms with Crippen LogP contribution < -0.4 is 21.1 Å². The van der Waals surface area contributed by atoms with Crippen molar-refractivity contribution in [2.75, 3.05) is 11.9 Å². The predicted octanol–water partition coefficient (Wildman–Crippen LogP) is 3.69. The molecular weight excluding hydrogens is 462 g/mol. The summed E-state index contributed by atoms with van der Waals surface area (Å²) in [5, 5.41) is 6.22. The van der Waals surface area contributed by atoms with Gasteiger partial charge in [0.1, 0.15) is 10.8 Å². The van der Waals surface area contributed by atoms with Crippen molar-refractivity contribution in [1.82, 2.24) is 5.32 Å². The van der Waals surface area contributed by atoms with Crippen LogP contribution in [0, 0.1) is 6.92 Å². The molecule has 0 bridgehead atoms. The highest BCUT2D eigenvalue weighted by Gasteiger charge is 2.24. The fourth-order valence-corrected chi connectivity index (χ4v) is 5.27. The number of carbonyl (C=O) groups excluding carboxylic acids is 2. The number of primary amides is 1. The van der Waals surface area contributed by atoms with Crippen LogP contribution in [-0.4, -0.2) is 23.5 Å². The van der Waals surface area contributed by atoms with Crippen LogP contribution >= 0.6 is 39.5 Å². The van der Waals surface area contributed by atoms with Gasteiger partial charge in [0.15, 0.2) is 11.7 Å². The van der Waals surface area contributed by atoms with E-state index in [4.69, 9.17) is 22.7 Å². The van der Waals surface area contributed by atoms with Crippen molar-refractivity contribution < 1.29 is 14.3 Å². The minimum absolute atomic E-state index is 0.109. The molecular formula is C19H20BrN3O3S2. The second-order valence-corrected chi connectivity index (χ2v) is 8.87. The van der Waals surface area contributed by atoms with E-state index in [9.17, 15) is 9.59 Å². The average Bonchev–Trinajstić information content (AvgIpc) is 2.98. The quantitative estimate of drug-likeness (QED) is 0.566. The third-order valence-electron chi connectivity index (χ3n) is 4.34. The van der Waals surface area contributed by atoms with Crippen LogP contribution in [0.3, 0.4) is 0 Å². The SMILES string of the molecule is Cc1ccc(OCC(=O)NC(=S)Nc2sc3c(c2C(N)=O)CCCC3)c(Br)c1. The Labute approximate surface area is 181 Å². The molecule has 1 aliphatic rings. The van der Waals surface area contributed by atoms with Crippen LogP contribution in [0.2, 0.25) is 0 Å². The van der Waals surface area contributed by atoms with Gasteiger partial charge in [-0.3, -0.25) is 14.9 Å². The first-order valence-corrected chi connectivity index (χ1v) is 10.8. The largest absolute Gasteiger partial charge is 0.483 e. The van der Waals surface area contributed by atoms with Crippen LogP contribution in [0.4, 0.5) is 5.00 Å². The molecule has 148 valence electrons. The topological polar surface area (TPSA) is 93.4 Å². The van der Waals surface area contributed by atoms with E-state index in [1.807, 2.05) is 19.1 Å². The lowest BCUT2D eigenvalue weighted by Crippen LogP contribution is -2.37. The molecule has 6 nitrogen and oxygen atoms in total. The molecule has 0 atom stereocenters. The van der Waals surface area contributed by atoms with Gasteiger partial charge >= 0.3 is 0 Å². The fourth-order valence-electron chi connectivity index (χ4n) is 3.08. The van der Waals surface area contributed by atoms with E-state index in [0.29, 0.717) is 16.3 Å². The summed E-state index contributed by atoms with van der Waals surface area (Å²) in [7, 11) is 0. The van der Waals surface area contributed by atoms with Gasteiger partial charge in [-0.15, -0.1) is 11.3 Å². The molecule has 4 N–H and O–H groups in total. The van der Waals surface area contributed by atoms with Crippen molar-refractivity contribution in [2.24, 2.45) is 5.73 Å². The van der Waals surface area contributed by atoms with E-state index < -0.39 is 11.8 Å². The summed E-state index contributed by atoms with van der Waals surface area (Å²) in [4.78, 5) is 25.2. The Morgan fingerprint density at radius 1 is 1.32 bits per heavy atom. The van der Waals surface area contributed by atoms with Crippen molar-refractivity contribution in [1.29, 1.82) is 0 Å². The molecule has 2 aromatic rings. The first-order valence-electron chi connectivity index (χ1n) is 8.79. The van der Waals surface area contributed by atoms with Crippen LogP contribution in [0.1, 0.15) is 39.2 Å². The molecule has 28 heavy (non-hydrogen) atoms. The number of amides is 2. The second kappa shape index (κ2) is 9.02. The minimum atomic E-state index is -0.483. The zero-order chi connectivity index (χ0) is 20.3. The maximum atomic E-state index is 12.1. The van der Waals surface area contributed by atoms with Crippen molar-refractivity contribution >= 4 is 61.4 Å². The minimum Gasteiger partial charge on any atom is -0.483 e. The highest BCUT2D eigenvalue weighted by Crippen LogP contribution is 2.37. The number of benzene rings is 1. The number of nitrogens with two attached hydrogens (primary N) is 1. The number of fused-ring (bicyclic) bond motifs is 1. The van der Waals surface area contributed by atoms with Crippen molar-refractivity contribution in [3.63, 3.8) is 0 Å². The second-order valence-electron chi connectivity index (χ2n) is 6.50. The van der Waals surface area contributed by atoms with Gasteiger partial charge in [0.25, 0.3) is 11.8 Å². The molecule has 0 saturated carbocycles. The zero-order valence-electron chi connectivity index (χ0n) is 15.3. The number of hydrogen-bond donors (Lipinski definition) is 3. The number of carbonyl (C=O) groups is 2. The summed E-state index contributed by atoms with van der Waals surface area (Å²) in [6.07, 6.45) is 3.90. The van der Waals surface area contributed by atoms with Crippen molar-refractivity contribution in [2.45, 2.75) is 32.6 Å². The highest BCUT2D eigenvalue weighted by atomic mass is 79.9. The molecule has 1 heterocycles. The molecule has 0 radical (unpaired) electrons. The average molecular weight is 482 g/mol. The van der Waals surface area contributed by atoms with Gasteiger partial charge in [0.2, 0.25) is 0 Å². The number of hydrogen-bond acceptors (Lipinski definition) is 5. The van der Waals surface area contributed by atoms with E-state index in [1.54, 1.807) is 6.07 Å². The zero-order valence-corrected chi connectivity index (χ0v) is 18.5. The lowest BCUT2D eigenvalue weighted by Gasteiger charge is -2.12. The number of halogens is 1. The Kier molecular flexibility index (Phi) is 6.69. The smallest absolute Gasteiger partial charge is 0.264 e. The summed E-state index contributed by atoms with van der Waals surface area (Å²) in [5.41, 5.74) is 8.14. The molecule has 0 spiro atoms. The van der Waals surface area contributed by atoms with E-state index in [2.05, 4.69) is 26.6 Å². The Morgan fingerprint density at radius 3 is 2.79 bits per heavy atom. The lowest BCUT2D eigenvalue weighted by molar-refractivity contribution is -0.121. The number of nitrogens with one attached hydrogen (secondary N) is 2. The fraction of sp³-hybridized carbons (Fsp3) is 0.316. The molecule has 9 heteroatoms. The molecule has 0 aliphatic heterocycles. The molecule has 1 aromatic carbocycles. The van der Waals surface area contributed by atoms with E-state index in [0.717, 1.165) is 46.2 Å². The van der Waals surface area contributed by atoms with Crippen LogP contribution in [0.5, 0.6) is 5.75 Å². The van der Waals surface area contributed by atoms with Gasteiger partial charge in [-0.2, -0.15) is 0 Å². The van der Waals surface area contributed by atoms with E-state index >= 15 is 0 Å². The highest BCUT2D eigenvalue weighted by molar-refractivity contribution is 9.10. The maximum absolute atomic E-state index is 12.1. The van der Waals surface area contributed by atoms with Gasteiger partial charge in [0, 0.05) is 4.88 Å². The van der Waals surface area contributed by atoms with Crippen molar-refractivity contribution in [3.05, 3.63) is 44.2 Å². The van der Waals surface area contributed by atoms with Crippen molar-refractivity contribution in [3.8, 4) is 5.75 Å². The number of anilines is 1. The summed E-state index contributed by atoms with van der Waals surface area (Å²) in [6.45, 7) is 1.78. The van der Waals surface area contributed by atoms with Crippen LogP contribution in [0.25, 0.3) is 0 Å². The first kappa shape index (κ1) is 20.8. The molecule has 3 rings (SSSR count). The summed E-state index contributed by atoms with van der Waals surface area (Å²) >= 11 is 10.1. The van der Waals surface area contributed by atoms with Gasteiger partial charge in [-0.05, 0) is 84.0 Å². The van der Waals surface area contributed by atoms with Gasteiger partial charge in [-0.1, -0.05) is 6.07 Å². The molecule has 0 fully saturated rings. The maximum Gasteiger partial charge on any atom is 0.264 e.